The summed E-state index contributed by atoms with van der Waals surface area (Å²) in [6.07, 6.45) is 6.74. The highest BCUT2D eigenvalue weighted by Gasteiger charge is 2.40. The van der Waals surface area contributed by atoms with Crippen LogP contribution in [0.4, 0.5) is 0 Å². The topological polar surface area (TPSA) is 37.4 Å². The smallest absolute Gasteiger partial charge is 0.207 e. The molecule has 0 amide bonds. The lowest BCUT2D eigenvalue weighted by Gasteiger charge is -2.43. The Morgan fingerprint density at radius 2 is 1.76 bits per heavy atom. The maximum absolute atomic E-state index is 13.1. The molecule has 0 radical (unpaired) electrons. The fourth-order valence-corrected chi connectivity index (χ4v) is 7.15. The monoisotopic (exact) mass is 435 g/mol. The van der Waals surface area contributed by atoms with Gasteiger partial charge in [0.05, 0.1) is 4.90 Å². The first-order valence-electron chi connectivity index (χ1n) is 7.47. The Balaban J connectivity index is 1.96. The minimum atomic E-state index is -3.41. The Labute approximate surface area is 143 Å². The zero-order valence-corrected chi connectivity index (χ0v) is 15.8. The van der Waals surface area contributed by atoms with E-state index in [0.717, 1.165) is 23.7 Å². The number of piperidine rings is 1. The molecular formula is C15H19Br2NO2S. The van der Waals surface area contributed by atoms with E-state index in [1.54, 1.807) is 22.5 Å². The van der Waals surface area contributed by atoms with E-state index in [1.807, 2.05) is 0 Å². The molecule has 3 rings (SSSR count). The van der Waals surface area contributed by atoms with Crippen LogP contribution < -0.4 is 0 Å². The number of sulfonamides is 1. The lowest BCUT2D eigenvalue weighted by Crippen LogP contribution is -2.49. The van der Waals surface area contributed by atoms with Gasteiger partial charge in [-0.1, -0.05) is 28.8 Å². The SMILES string of the molecule is O=S(=O)(c1ccc(Br)cc1Br)N1CCCC2CCCCC21. The summed E-state index contributed by atoms with van der Waals surface area (Å²) in [6.45, 7) is 0.659. The predicted molar refractivity (Wildman–Crippen MR) is 90.7 cm³/mol. The van der Waals surface area contributed by atoms with Crippen LogP contribution >= 0.6 is 31.9 Å². The summed E-state index contributed by atoms with van der Waals surface area (Å²) in [4.78, 5) is 0.386. The quantitative estimate of drug-likeness (QED) is 0.681. The van der Waals surface area contributed by atoms with E-state index in [4.69, 9.17) is 0 Å². The molecule has 1 aliphatic carbocycles. The molecule has 0 N–H and O–H groups in total. The van der Waals surface area contributed by atoms with E-state index < -0.39 is 10.0 Å². The van der Waals surface area contributed by atoms with E-state index in [1.165, 1.54) is 19.3 Å². The summed E-state index contributed by atoms with van der Waals surface area (Å²) in [5.41, 5.74) is 0. The number of nitrogens with zero attached hydrogens (tertiary/aromatic N) is 1. The summed E-state index contributed by atoms with van der Waals surface area (Å²) in [7, 11) is -3.41. The van der Waals surface area contributed by atoms with E-state index in [-0.39, 0.29) is 6.04 Å². The lowest BCUT2D eigenvalue weighted by molar-refractivity contribution is 0.129. The van der Waals surface area contributed by atoms with Gasteiger partial charge in [0.1, 0.15) is 0 Å². The fourth-order valence-electron chi connectivity index (χ4n) is 3.69. The molecular weight excluding hydrogens is 418 g/mol. The van der Waals surface area contributed by atoms with Crippen LogP contribution in [0, 0.1) is 5.92 Å². The summed E-state index contributed by atoms with van der Waals surface area (Å²) < 4.78 is 29.4. The Morgan fingerprint density at radius 1 is 1.05 bits per heavy atom. The number of hydrogen-bond acceptors (Lipinski definition) is 2. The summed E-state index contributed by atoms with van der Waals surface area (Å²) in [5, 5.41) is 0. The minimum Gasteiger partial charge on any atom is -0.207 e. The summed E-state index contributed by atoms with van der Waals surface area (Å²) in [6, 6.07) is 5.48. The van der Waals surface area contributed by atoms with E-state index >= 15 is 0 Å². The van der Waals surface area contributed by atoms with Crippen molar-refractivity contribution in [1.29, 1.82) is 0 Å². The molecule has 3 nitrogen and oxygen atoms in total. The third-order valence-corrected chi connectivity index (χ3v) is 8.07. The molecule has 2 atom stereocenters. The third kappa shape index (κ3) is 3.09. The van der Waals surface area contributed by atoms with Crippen molar-refractivity contribution in [2.75, 3.05) is 6.54 Å². The van der Waals surface area contributed by atoms with Crippen LogP contribution in [0.3, 0.4) is 0 Å². The molecule has 0 aromatic heterocycles. The zero-order valence-electron chi connectivity index (χ0n) is 11.8. The average molecular weight is 437 g/mol. The number of hydrogen-bond donors (Lipinski definition) is 0. The second kappa shape index (κ2) is 6.30. The maximum atomic E-state index is 13.1. The molecule has 2 unspecified atom stereocenters. The van der Waals surface area contributed by atoms with Crippen LogP contribution in [-0.2, 0) is 10.0 Å². The first kappa shape index (κ1) is 16.0. The van der Waals surface area contributed by atoms with Crippen molar-refractivity contribution in [2.45, 2.75) is 49.5 Å². The highest BCUT2D eigenvalue weighted by atomic mass is 79.9. The van der Waals surface area contributed by atoms with Gasteiger partial charge in [0.2, 0.25) is 10.0 Å². The van der Waals surface area contributed by atoms with Gasteiger partial charge < -0.3 is 0 Å². The highest BCUT2D eigenvalue weighted by Crippen LogP contribution is 2.39. The van der Waals surface area contributed by atoms with E-state index in [2.05, 4.69) is 31.9 Å². The molecule has 1 saturated heterocycles. The van der Waals surface area contributed by atoms with Crippen LogP contribution in [0.1, 0.15) is 38.5 Å². The zero-order chi connectivity index (χ0) is 15.0. The lowest BCUT2D eigenvalue weighted by atomic mass is 9.79. The molecule has 0 spiro atoms. The van der Waals surface area contributed by atoms with E-state index in [9.17, 15) is 8.42 Å². The number of fused-ring (bicyclic) bond motifs is 1. The maximum Gasteiger partial charge on any atom is 0.244 e. The van der Waals surface area contributed by atoms with Gasteiger partial charge in [0.15, 0.2) is 0 Å². The molecule has 2 aliphatic rings. The van der Waals surface area contributed by atoms with E-state index in [0.29, 0.717) is 21.8 Å². The van der Waals surface area contributed by atoms with Gasteiger partial charge in [-0.3, -0.25) is 0 Å². The fraction of sp³-hybridized carbons (Fsp3) is 0.600. The Kier molecular flexibility index (Phi) is 4.79. The van der Waals surface area contributed by atoms with Crippen molar-refractivity contribution in [2.24, 2.45) is 5.92 Å². The predicted octanol–water partition coefficient (Wildman–Crippen LogP) is 4.55. The largest absolute Gasteiger partial charge is 0.244 e. The second-order valence-corrected chi connectivity index (χ2v) is 9.57. The van der Waals surface area contributed by atoms with Gasteiger partial charge in [-0.25, -0.2) is 8.42 Å². The van der Waals surface area contributed by atoms with Gasteiger partial charge in [-0.2, -0.15) is 4.31 Å². The third-order valence-electron chi connectivity index (χ3n) is 4.67. The van der Waals surface area contributed by atoms with Crippen LogP contribution in [0.15, 0.2) is 32.0 Å². The Bertz CT molecular complexity index is 631. The van der Waals surface area contributed by atoms with Crippen molar-refractivity contribution < 1.29 is 8.42 Å². The molecule has 116 valence electrons. The van der Waals surface area contributed by atoms with Gasteiger partial charge in [0.25, 0.3) is 0 Å². The second-order valence-electron chi connectivity index (χ2n) is 5.94. The number of rotatable bonds is 2. The van der Waals surface area contributed by atoms with Crippen molar-refractivity contribution in [3.63, 3.8) is 0 Å². The van der Waals surface area contributed by atoms with Crippen LogP contribution in [0.2, 0.25) is 0 Å². The molecule has 1 saturated carbocycles. The Hall–Kier alpha value is 0.0900. The Morgan fingerprint density at radius 3 is 2.52 bits per heavy atom. The first-order valence-corrected chi connectivity index (χ1v) is 10.5. The van der Waals surface area contributed by atoms with Gasteiger partial charge in [0, 0.05) is 21.5 Å². The van der Waals surface area contributed by atoms with Crippen LogP contribution in [0.5, 0.6) is 0 Å². The summed E-state index contributed by atoms with van der Waals surface area (Å²) in [5.74, 6) is 0.552. The normalized spacial score (nSPS) is 27.3. The van der Waals surface area contributed by atoms with Gasteiger partial charge in [-0.15, -0.1) is 0 Å². The van der Waals surface area contributed by atoms with Gasteiger partial charge in [-0.05, 0) is 65.7 Å². The molecule has 1 heterocycles. The molecule has 6 heteroatoms. The van der Waals surface area contributed by atoms with Crippen molar-refractivity contribution >= 4 is 41.9 Å². The summed E-state index contributed by atoms with van der Waals surface area (Å²) >= 11 is 6.78. The molecule has 1 aromatic carbocycles. The highest BCUT2D eigenvalue weighted by molar-refractivity contribution is 9.11. The van der Waals surface area contributed by atoms with Crippen LogP contribution in [-0.4, -0.2) is 25.3 Å². The van der Waals surface area contributed by atoms with Crippen LogP contribution in [0.25, 0.3) is 0 Å². The van der Waals surface area contributed by atoms with Gasteiger partial charge >= 0.3 is 0 Å². The minimum absolute atomic E-state index is 0.202. The van der Waals surface area contributed by atoms with Crippen molar-refractivity contribution in [3.05, 3.63) is 27.1 Å². The molecule has 1 aromatic rings. The molecule has 0 bridgehead atoms. The van der Waals surface area contributed by atoms with Crippen molar-refractivity contribution in [1.82, 2.24) is 4.31 Å². The average Bonchev–Trinajstić information content (AvgIpc) is 2.46. The molecule has 21 heavy (non-hydrogen) atoms. The first-order chi connectivity index (χ1) is 10.00. The number of halogens is 2. The van der Waals surface area contributed by atoms with Crippen molar-refractivity contribution in [3.8, 4) is 0 Å². The standard InChI is InChI=1S/C15H19Br2NO2S/c16-12-7-8-15(13(17)10-12)21(19,20)18-9-3-5-11-4-1-2-6-14(11)18/h7-8,10-11,14H,1-6,9H2. The molecule has 1 aliphatic heterocycles. The molecule has 2 fully saturated rings. The number of benzene rings is 1.